The molecule has 3 heteroatoms. The van der Waals surface area contributed by atoms with E-state index in [1.54, 1.807) is 6.92 Å². The standard InChI is InChI=1S/C13H20O2S/c1-4-16-8-7-15-13-6-5-10(2)9-12(13)11(3)14/h5-6,9,11,14H,4,7-8H2,1-3H3. The lowest BCUT2D eigenvalue weighted by atomic mass is 10.1. The van der Waals surface area contributed by atoms with Crippen molar-refractivity contribution in [2.24, 2.45) is 0 Å². The Labute approximate surface area is 102 Å². The summed E-state index contributed by atoms with van der Waals surface area (Å²) in [6, 6.07) is 5.93. The van der Waals surface area contributed by atoms with Crippen molar-refractivity contribution in [3.63, 3.8) is 0 Å². The summed E-state index contributed by atoms with van der Waals surface area (Å²) in [4.78, 5) is 0. The maximum atomic E-state index is 9.65. The summed E-state index contributed by atoms with van der Waals surface area (Å²) in [7, 11) is 0. The van der Waals surface area contributed by atoms with Crippen LogP contribution in [0.25, 0.3) is 0 Å². The van der Waals surface area contributed by atoms with Gasteiger partial charge < -0.3 is 9.84 Å². The van der Waals surface area contributed by atoms with E-state index in [-0.39, 0.29) is 0 Å². The zero-order chi connectivity index (χ0) is 12.0. The molecule has 0 aliphatic heterocycles. The average Bonchev–Trinajstić information content (AvgIpc) is 2.26. The highest BCUT2D eigenvalue weighted by molar-refractivity contribution is 7.99. The molecule has 1 N–H and O–H groups in total. The number of aliphatic hydroxyl groups is 1. The minimum Gasteiger partial charge on any atom is -0.492 e. The molecule has 16 heavy (non-hydrogen) atoms. The van der Waals surface area contributed by atoms with Crippen LogP contribution in [0, 0.1) is 6.92 Å². The third-order valence-corrected chi connectivity index (χ3v) is 3.17. The maximum Gasteiger partial charge on any atom is 0.125 e. The second-order valence-corrected chi connectivity index (χ2v) is 5.16. The summed E-state index contributed by atoms with van der Waals surface area (Å²) in [5.74, 6) is 2.90. The molecule has 0 aliphatic rings. The van der Waals surface area contributed by atoms with Crippen LogP contribution in [0.1, 0.15) is 31.1 Å². The van der Waals surface area contributed by atoms with Gasteiger partial charge in [-0.05, 0) is 31.7 Å². The molecule has 1 aromatic carbocycles. The largest absolute Gasteiger partial charge is 0.492 e. The van der Waals surface area contributed by atoms with E-state index in [0.717, 1.165) is 28.4 Å². The number of hydrogen-bond acceptors (Lipinski definition) is 3. The number of aliphatic hydroxyl groups excluding tert-OH is 1. The quantitative estimate of drug-likeness (QED) is 0.774. The van der Waals surface area contributed by atoms with Gasteiger partial charge in [0, 0.05) is 11.3 Å². The van der Waals surface area contributed by atoms with Crippen LogP contribution in [0.3, 0.4) is 0 Å². The van der Waals surface area contributed by atoms with E-state index in [1.165, 1.54) is 0 Å². The first-order valence-corrected chi connectivity index (χ1v) is 6.79. The lowest BCUT2D eigenvalue weighted by Crippen LogP contribution is -2.04. The Bertz CT molecular complexity index is 324. The van der Waals surface area contributed by atoms with Crippen molar-refractivity contribution in [2.75, 3.05) is 18.1 Å². The van der Waals surface area contributed by atoms with Crippen LogP contribution in [-0.4, -0.2) is 23.2 Å². The van der Waals surface area contributed by atoms with Gasteiger partial charge in [0.2, 0.25) is 0 Å². The van der Waals surface area contributed by atoms with Crippen LogP contribution in [0.4, 0.5) is 0 Å². The first-order chi connectivity index (χ1) is 7.65. The number of aryl methyl sites for hydroxylation is 1. The summed E-state index contributed by atoms with van der Waals surface area (Å²) in [6.07, 6.45) is -0.478. The summed E-state index contributed by atoms with van der Waals surface area (Å²) in [5.41, 5.74) is 2.02. The fourth-order valence-electron chi connectivity index (χ4n) is 1.48. The van der Waals surface area contributed by atoms with E-state index in [2.05, 4.69) is 6.92 Å². The smallest absolute Gasteiger partial charge is 0.125 e. The Morgan fingerprint density at radius 2 is 2.19 bits per heavy atom. The molecule has 90 valence electrons. The molecule has 1 unspecified atom stereocenters. The second kappa shape index (κ2) is 6.81. The van der Waals surface area contributed by atoms with Gasteiger partial charge >= 0.3 is 0 Å². The first-order valence-electron chi connectivity index (χ1n) is 5.64. The molecule has 0 heterocycles. The van der Waals surface area contributed by atoms with Crippen LogP contribution in [0.15, 0.2) is 18.2 Å². The number of benzene rings is 1. The summed E-state index contributed by atoms with van der Waals surface area (Å²) in [5, 5.41) is 9.65. The Morgan fingerprint density at radius 1 is 1.44 bits per heavy atom. The van der Waals surface area contributed by atoms with E-state index in [0.29, 0.717) is 6.61 Å². The molecule has 1 atom stereocenters. The molecule has 0 radical (unpaired) electrons. The molecule has 0 aromatic heterocycles. The lowest BCUT2D eigenvalue weighted by Gasteiger charge is -2.14. The minimum absolute atomic E-state index is 0.478. The summed E-state index contributed by atoms with van der Waals surface area (Å²) in [6.45, 7) is 6.62. The number of ether oxygens (including phenoxy) is 1. The van der Waals surface area contributed by atoms with Crippen molar-refractivity contribution in [3.05, 3.63) is 29.3 Å². The highest BCUT2D eigenvalue weighted by Gasteiger charge is 2.09. The van der Waals surface area contributed by atoms with Crippen molar-refractivity contribution in [1.82, 2.24) is 0 Å². The molecule has 1 aromatic rings. The second-order valence-electron chi connectivity index (χ2n) is 3.76. The van der Waals surface area contributed by atoms with Gasteiger partial charge in [-0.2, -0.15) is 11.8 Å². The normalized spacial score (nSPS) is 12.5. The maximum absolute atomic E-state index is 9.65. The van der Waals surface area contributed by atoms with Crippen molar-refractivity contribution >= 4 is 11.8 Å². The van der Waals surface area contributed by atoms with E-state index < -0.39 is 6.10 Å². The van der Waals surface area contributed by atoms with Crippen LogP contribution >= 0.6 is 11.8 Å². The lowest BCUT2D eigenvalue weighted by molar-refractivity contribution is 0.192. The molecule has 0 fully saturated rings. The highest BCUT2D eigenvalue weighted by atomic mass is 32.2. The Morgan fingerprint density at radius 3 is 2.81 bits per heavy atom. The van der Waals surface area contributed by atoms with Gasteiger partial charge in [-0.25, -0.2) is 0 Å². The molecule has 0 aliphatic carbocycles. The Hall–Kier alpha value is -0.670. The van der Waals surface area contributed by atoms with Crippen LogP contribution in [0.5, 0.6) is 5.75 Å². The topological polar surface area (TPSA) is 29.5 Å². The van der Waals surface area contributed by atoms with Gasteiger partial charge in [0.25, 0.3) is 0 Å². The molecule has 0 bridgehead atoms. The van der Waals surface area contributed by atoms with Gasteiger partial charge in [0.15, 0.2) is 0 Å². The van der Waals surface area contributed by atoms with E-state index in [4.69, 9.17) is 4.74 Å². The molecule has 1 rings (SSSR count). The van der Waals surface area contributed by atoms with Gasteiger partial charge in [-0.15, -0.1) is 0 Å². The monoisotopic (exact) mass is 240 g/mol. The minimum atomic E-state index is -0.478. The van der Waals surface area contributed by atoms with Crippen LogP contribution in [0.2, 0.25) is 0 Å². The Kier molecular flexibility index (Phi) is 5.71. The van der Waals surface area contributed by atoms with Crippen molar-refractivity contribution in [2.45, 2.75) is 26.9 Å². The van der Waals surface area contributed by atoms with Crippen LogP contribution < -0.4 is 4.74 Å². The number of thioether (sulfide) groups is 1. The van der Waals surface area contributed by atoms with Gasteiger partial charge in [-0.1, -0.05) is 18.6 Å². The van der Waals surface area contributed by atoms with E-state index >= 15 is 0 Å². The predicted molar refractivity (Wildman–Crippen MR) is 70.3 cm³/mol. The number of rotatable bonds is 6. The highest BCUT2D eigenvalue weighted by Crippen LogP contribution is 2.26. The molecule has 0 spiro atoms. The predicted octanol–water partition coefficient (Wildman–Crippen LogP) is 3.18. The zero-order valence-corrected chi connectivity index (χ0v) is 11.0. The SMILES string of the molecule is CCSCCOc1ccc(C)cc1C(C)O. The third-order valence-electron chi connectivity index (χ3n) is 2.30. The van der Waals surface area contributed by atoms with Crippen molar-refractivity contribution in [1.29, 1.82) is 0 Å². The van der Waals surface area contributed by atoms with E-state index in [9.17, 15) is 5.11 Å². The molecular formula is C13H20O2S. The van der Waals surface area contributed by atoms with Crippen LogP contribution in [-0.2, 0) is 0 Å². The summed E-state index contributed by atoms with van der Waals surface area (Å²) >= 11 is 1.86. The Balaban J connectivity index is 2.64. The average molecular weight is 240 g/mol. The molecule has 0 amide bonds. The van der Waals surface area contributed by atoms with Crippen molar-refractivity contribution in [3.8, 4) is 5.75 Å². The third kappa shape index (κ3) is 4.06. The zero-order valence-electron chi connectivity index (χ0n) is 10.2. The van der Waals surface area contributed by atoms with Crippen molar-refractivity contribution < 1.29 is 9.84 Å². The fourth-order valence-corrected chi connectivity index (χ4v) is 1.97. The molecule has 2 nitrogen and oxygen atoms in total. The number of hydrogen-bond donors (Lipinski definition) is 1. The van der Waals surface area contributed by atoms with Gasteiger partial charge in [-0.3, -0.25) is 0 Å². The van der Waals surface area contributed by atoms with Gasteiger partial charge in [0.05, 0.1) is 12.7 Å². The summed E-state index contributed by atoms with van der Waals surface area (Å²) < 4.78 is 5.67. The van der Waals surface area contributed by atoms with E-state index in [1.807, 2.05) is 36.9 Å². The van der Waals surface area contributed by atoms with Gasteiger partial charge in [0.1, 0.15) is 5.75 Å². The molecular weight excluding hydrogens is 220 g/mol. The molecule has 0 saturated heterocycles. The molecule has 0 saturated carbocycles. The fraction of sp³-hybridized carbons (Fsp3) is 0.538. The first kappa shape index (κ1) is 13.4.